The number of fused-ring (bicyclic) bond motifs is 1. The molecule has 4 heteroatoms. The minimum atomic E-state index is 0.771. The summed E-state index contributed by atoms with van der Waals surface area (Å²) in [5.74, 6) is 1.67. The van der Waals surface area contributed by atoms with E-state index in [9.17, 15) is 0 Å². The summed E-state index contributed by atoms with van der Waals surface area (Å²) in [4.78, 5) is 4.43. The number of benzene rings is 2. The van der Waals surface area contributed by atoms with E-state index in [1.165, 1.54) is 5.56 Å². The number of rotatable bonds is 4. The van der Waals surface area contributed by atoms with Gasteiger partial charge in [-0.15, -0.1) is 0 Å². The van der Waals surface area contributed by atoms with Crippen LogP contribution in [0.3, 0.4) is 0 Å². The SMILES string of the molecule is COc1ccc(Cn2cnc3c(OC)cccc32)cc1. The molecule has 0 N–H and O–H groups in total. The van der Waals surface area contributed by atoms with Gasteiger partial charge >= 0.3 is 0 Å². The first kappa shape index (κ1) is 12.5. The van der Waals surface area contributed by atoms with Crippen LogP contribution in [-0.2, 0) is 6.54 Å². The summed E-state index contributed by atoms with van der Waals surface area (Å²) >= 11 is 0. The Morgan fingerprint density at radius 1 is 1.00 bits per heavy atom. The second kappa shape index (κ2) is 5.25. The predicted molar refractivity (Wildman–Crippen MR) is 78.4 cm³/mol. The molecule has 102 valence electrons. The molecule has 1 heterocycles. The van der Waals surface area contributed by atoms with Crippen molar-refractivity contribution in [3.05, 3.63) is 54.4 Å². The molecule has 0 unspecified atom stereocenters. The number of hydrogen-bond donors (Lipinski definition) is 0. The Labute approximate surface area is 117 Å². The average Bonchev–Trinajstić information content (AvgIpc) is 2.91. The molecule has 1 aromatic heterocycles. The average molecular weight is 268 g/mol. The van der Waals surface area contributed by atoms with Crippen LogP contribution in [-0.4, -0.2) is 23.8 Å². The van der Waals surface area contributed by atoms with Crippen molar-refractivity contribution in [2.45, 2.75) is 6.54 Å². The summed E-state index contributed by atoms with van der Waals surface area (Å²) in [7, 11) is 3.34. The lowest BCUT2D eigenvalue weighted by Gasteiger charge is -2.06. The minimum Gasteiger partial charge on any atom is -0.497 e. The fourth-order valence-electron chi connectivity index (χ4n) is 2.28. The lowest BCUT2D eigenvalue weighted by molar-refractivity contribution is 0.414. The summed E-state index contributed by atoms with van der Waals surface area (Å²) < 4.78 is 12.6. The largest absolute Gasteiger partial charge is 0.497 e. The van der Waals surface area contributed by atoms with Crippen LogP contribution in [0.25, 0.3) is 11.0 Å². The van der Waals surface area contributed by atoms with Crippen LogP contribution in [0.2, 0.25) is 0 Å². The molecule has 3 aromatic rings. The second-order valence-corrected chi connectivity index (χ2v) is 4.55. The van der Waals surface area contributed by atoms with Crippen LogP contribution >= 0.6 is 0 Å². The molecule has 20 heavy (non-hydrogen) atoms. The van der Waals surface area contributed by atoms with Crippen molar-refractivity contribution in [1.29, 1.82) is 0 Å². The molecule has 0 bridgehead atoms. The highest BCUT2D eigenvalue weighted by atomic mass is 16.5. The minimum absolute atomic E-state index is 0.771. The molecule has 0 radical (unpaired) electrons. The van der Waals surface area contributed by atoms with E-state index in [4.69, 9.17) is 9.47 Å². The van der Waals surface area contributed by atoms with Crippen molar-refractivity contribution >= 4 is 11.0 Å². The monoisotopic (exact) mass is 268 g/mol. The van der Waals surface area contributed by atoms with Crippen molar-refractivity contribution in [1.82, 2.24) is 9.55 Å². The summed E-state index contributed by atoms with van der Waals surface area (Å²) in [6.07, 6.45) is 1.84. The topological polar surface area (TPSA) is 36.3 Å². The van der Waals surface area contributed by atoms with Crippen LogP contribution in [0.5, 0.6) is 11.5 Å². The zero-order valence-electron chi connectivity index (χ0n) is 11.5. The molecule has 0 saturated carbocycles. The first-order valence-electron chi connectivity index (χ1n) is 6.42. The summed E-state index contributed by atoms with van der Waals surface area (Å²) in [5, 5.41) is 0. The molecule has 0 amide bonds. The lowest BCUT2D eigenvalue weighted by Crippen LogP contribution is -1.98. The molecule has 2 aromatic carbocycles. The van der Waals surface area contributed by atoms with E-state index in [0.29, 0.717) is 0 Å². The van der Waals surface area contributed by atoms with Crippen LogP contribution < -0.4 is 9.47 Å². The molecule has 4 nitrogen and oxygen atoms in total. The molecular weight excluding hydrogens is 252 g/mol. The Bertz CT molecular complexity index is 717. The number of aromatic nitrogens is 2. The van der Waals surface area contributed by atoms with Crippen molar-refractivity contribution in [3.63, 3.8) is 0 Å². The molecule has 0 atom stereocenters. The van der Waals surface area contributed by atoms with Gasteiger partial charge in [0.25, 0.3) is 0 Å². The smallest absolute Gasteiger partial charge is 0.146 e. The lowest BCUT2D eigenvalue weighted by atomic mass is 10.2. The fraction of sp³-hybridized carbons (Fsp3) is 0.188. The van der Waals surface area contributed by atoms with Crippen LogP contribution in [0.15, 0.2) is 48.8 Å². The van der Waals surface area contributed by atoms with E-state index in [1.54, 1.807) is 14.2 Å². The molecule has 0 aliphatic carbocycles. The van der Waals surface area contributed by atoms with Gasteiger partial charge in [0.2, 0.25) is 0 Å². The van der Waals surface area contributed by atoms with Gasteiger partial charge in [-0.25, -0.2) is 4.98 Å². The van der Waals surface area contributed by atoms with Crippen molar-refractivity contribution < 1.29 is 9.47 Å². The molecule has 0 saturated heterocycles. The van der Waals surface area contributed by atoms with E-state index in [1.807, 2.05) is 36.7 Å². The van der Waals surface area contributed by atoms with Gasteiger partial charge in [0.05, 0.1) is 26.1 Å². The first-order chi connectivity index (χ1) is 9.81. The quantitative estimate of drug-likeness (QED) is 0.729. The Morgan fingerprint density at radius 3 is 2.50 bits per heavy atom. The van der Waals surface area contributed by atoms with Gasteiger partial charge in [-0.1, -0.05) is 18.2 Å². The van der Waals surface area contributed by atoms with Crippen LogP contribution in [0, 0.1) is 0 Å². The highest BCUT2D eigenvalue weighted by Crippen LogP contribution is 2.24. The summed E-state index contributed by atoms with van der Waals surface area (Å²) in [6.45, 7) is 0.771. The molecular formula is C16H16N2O2. The Hall–Kier alpha value is -2.49. The third-order valence-corrected chi connectivity index (χ3v) is 3.35. The molecule has 0 spiro atoms. The molecule has 0 fully saturated rings. The van der Waals surface area contributed by atoms with Gasteiger partial charge in [-0.3, -0.25) is 0 Å². The summed E-state index contributed by atoms with van der Waals surface area (Å²) in [5.41, 5.74) is 3.16. The van der Waals surface area contributed by atoms with Gasteiger partial charge in [0, 0.05) is 6.54 Å². The van der Waals surface area contributed by atoms with Gasteiger partial charge in [0.15, 0.2) is 0 Å². The van der Waals surface area contributed by atoms with Crippen molar-refractivity contribution in [2.24, 2.45) is 0 Å². The van der Waals surface area contributed by atoms with Crippen molar-refractivity contribution in [2.75, 3.05) is 14.2 Å². The maximum atomic E-state index is 5.33. The van der Waals surface area contributed by atoms with Crippen LogP contribution in [0.1, 0.15) is 5.56 Å². The van der Waals surface area contributed by atoms with E-state index < -0.39 is 0 Å². The van der Waals surface area contributed by atoms with Crippen LogP contribution in [0.4, 0.5) is 0 Å². The number of imidazole rings is 1. The zero-order valence-corrected chi connectivity index (χ0v) is 11.5. The standard InChI is InChI=1S/C16H16N2O2/c1-19-13-8-6-12(7-9-13)10-18-11-17-16-14(18)4-3-5-15(16)20-2/h3-9,11H,10H2,1-2H3. The fourth-order valence-corrected chi connectivity index (χ4v) is 2.28. The van der Waals surface area contributed by atoms with E-state index in [0.717, 1.165) is 29.1 Å². The maximum Gasteiger partial charge on any atom is 0.146 e. The van der Waals surface area contributed by atoms with E-state index in [2.05, 4.69) is 21.7 Å². The number of methoxy groups -OCH3 is 2. The molecule has 0 aliphatic heterocycles. The number of hydrogen-bond acceptors (Lipinski definition) is 3. The third kappa shape index (κ3) is 2.20. The van der Waals surface area contributed by atoms with Gasteiger partial charge in [-0.2, -0.15) is 0 Å². The normalized spacial score (nSPS) is 10.7. The Kier molecular flexibility index (Phi) is 3.29. The Morgan fingerprint density at radius 2 is 1.80 bits per heavy atom. The first-order valence-corrected chi connectivity index (χ1v) is 6.42. The number of para-hydroxylation sites is 1. The third-order valence-electron chi connectivity index (χ3n) is 3.35. The van der Waals surface area contributed by atoms with E-state index >= 15 is 0 Å². The highest BCUT2D eigenvalue weighted by molar-refractivity contribution is 5.81. The number of nitrogens with zero attached hydrogens (tertiary/aromatic N) is 2. The molecule has 3 rings (SSSR count). The zero-order chi connectivity index (χ0) is 13.9. The predicted octanol–water partition coefficient (Wildman–Crippen LogP) is 3.10. The Balaban J connectivity index is 1.94. The van der Waals surface area contributed by atoms with Crippen molar-refractivity contribution in [3.8, 4) is 11.5 Å². The maximum absolute atomic E-state index is 5.33. The highest BCUT2D eigenvalue weighted by Gasteiger charge is 2.07. The number of ether oxygens (including phenoxy) is 2. The van der Waals surface area contributed by atoms with E-state index in [-0.39, 0.29) is 0 Å². The van der Waals surface area contributed by atoms with Gasteiger partial charge in [0.1, 0.15) is 17.0 Å². The van der Waals surface area contributed by atoms with Gasteiger partial charge in [-0.05, 0) is 29.8 Å². The second-order valence-electron chi connectivity index (χ2n) is 4.55. The molecule has 0 aliphatic rings. The summed E-state index contributed by atoms with van der Waals surface area (Å²) in [6, 6.07) is 14.0. The van der Waals surface area contributed by atoms with Gasteiger partial charge < -0.3 is 14.0 Å².